The Morgan fingerprint density at radius 3 is 1.57 bits per heavy atom. The van der Waals surface area contributed by atoms with E-state index in [1.165, 1.54) is 85.9 Å². The van der Waals surface area contributed by atoms with Gasteiger partial charge in [0.2, 0.25) is 0 Å². The maximum atomic E-state index is 6.69. The van der Waals surface area contributed by atoms with E-state index in [1.54, 1.807) is 22.7 Å². The second-order valence-electron chi connectivity index (χ2n) is 20.0. The van der Waals surface area contributed by atoms with Gasteiger partial charge in [-0.05, 0) is 109 Å². The predicted molar refractivity (Wildman–Crippen MR) is 316 cm³/mol. The Bertz CT molecular complexity index is 4920. The molecule has 4 aromatic heterocycles. The summed E-state index contributed by atoms with van der Waals surface area (Å²) < 4.78 is 11.5. The molecule has 6 heteroatoms. The van der Waals surface area contributed by atoms with E-state index in [2.05, 4.69) is 231 Å². The summed E-state index contributed by atoms with van der Waals surface area (Å²) in [7, 11) is 0. The van der Waals surface area contributed by atoms with Gasteiger partial charge in [-0.25, -0.2) is 15.0 Å². The Balaban J connectivity index is 0.815. The van der Waals surface area contributed by atoms with Crippen LogP contribution in [-0.2, 0) is 5.41 Å². The van der Waals surface area contributed by atoms with Crippen molar-refractivity contribution in [3.05, 3.63) is 259 Å². The van der Waals surface area contributed by atoms with Crippen molar-refractivity contribution in [2.45, 2.75) is 5.41 Å². The van der Waals surface area contributed by atoms with E-state index in [1.807, 2.05) is 6.07 Å². The second-order valence-corrected chi connectivity index (χ2v) is 22.2. The smallest absolute Gasteiger partial charge is 0.165 e. The Labute approximate surface area is 444 Å². The molecule has 15 aromatic rings. The maximum Gasteiger partial charge on any atom is 0.165 e. The van der Waals surface area contributed by atoms with E-state index in [0.29, 0.717) is 17.5 Å². The van der Waals surface area contributed by atoms with E-state index in [0.717, 1.165) is 59.8 Å². The van der Waals surface area contributed by atoms with Crippen molar-refractivity contribution in [3.63, 3.8) is 0 Å². The van der Waals surface area contributed by atoms with Gasteiger partial charge in [0.1, 0.15) is 11.2 Å². The van der Waals surface area contributed by atoms with E-state index in [9.17, 15) is 0 Å². The fourth-order valence-corrected chi connectivity index (χ4v) is 15.4. The number of rotatable bonds is 5. The van der Waals surface area contributed by atoms with Gasteiger partial charge < -0.3 is 4.42 Å². The first-order chi connectivity index (χ1) is 37.7. The summed E-state index contributed by atoms with van der Waals surface area (Å²) in [5, 5.41) is 6.77. The van der Waals surface area contributed by atoms with Gasteiger partial charge in [0.25, 0.3) is 0 Å². The summed E-state index contributed by atoms with van der Waals surface area (Å²) in [5.41, 5.74) is 19.3. The number of nitrogens with zero attached hydrogens (tertiary/aromatic N) is 3. The highest BCUT2D eigenvalue weighted by Gasteiger charge is 2.52. The van der Waals surface area contributed by atoms with Gasteiger partial charge in [-0.1, -0.05) is 194 Å². The molecule has 0 aliphatic heterocycles. The lowest BCUT2D eigenvalue weighted by Crippen LogP contribution is -2.25. The van der Waals surface area contributed by atoms with Gasteiger partial charge in [-0.2, -0.15) is 0 Å². The number of fused-ring (bicyclic) bond motifs is 19. The third-order valence-corrected chi connectivity index (χ3v) is 18.6. The molecule has 0 bridgehead atoms. The van der Waals surface area contributed by atoms with E-state index in [4.69, 9.17) is 19.4 Å². The molecule has 76 heavy (non-hydrogen) atoms. The summed E-state index contributed by atoms with van der Waals surface area (Å²) in [5.74, 6) is 1.87. The van der Waals surface area contributed by atoms with Crippen molar-refractivity contribution in [2.75, 3.05) is 0 Å². The van der Waals surface area contributed by atoms with Crippen LogP contribution in [0.15, 0.2) is 241 Å². The highest BCUT2D eigenvalue weighted by Crippen LogP contribution is 2.64. The Morgan fingerprint density at radius 1 is 0.303 bits per heavy atom. The molecule has 0 radical (unpaired) electrons. The third-order valence-electron chi connectivity index (χ3n) is 16.2. The van der Waals surface area contributed by atoms with Crippen molar-refractivity contribution >= 4 is 85.0 Å². The number of thiophene rings is 2. The Hall–Kier alpha value is -9.33. The summed E-state index contributed by atoms with van der Waals surface area (Å²) in [6, 6.07) is 86.1. The number of aromatic nitrogens is 3. The number of hydrogen-bond donors (Lipinski definition) is 0. The highest BCUT2D eigenvalue weighted by atomic mass is 32.1. The molecule has 0 amide bonds. The van der Waals surface area contributed by atoms with Crippen LogP contribution in [0.3, 0.4) is 0 Å². The van der Waals surface area contributed by atoms with Crippen LogP contribution >= 0.6 is 22.7 Å². The zero-order valence-electron chi connectivity index (χ0n) is 40.6. The standard InChI is InChI=1S/C70H39N3OS2/c1-6-25-54-44(15-1)45-16-2-7-26-55(45)70(54)56-27-8-3-18-48(56)63-43(20-12-28-57(63)70)41-35-33-40(34-36-41)42-37-38-58-53(39-42)64-50(22-13-29-59(64)74-58)67-71-68(51-23-14-32-62-65(51)49-19-5-10-31-61(49)75-62)73-69(72-67)52-24-11-21-47-46-17-4-9-30-60(46)76-66(47)52/h1-39H. The molecule has 352 valence electrons. The minimum Gasteiger partial charge on any atom is -0.456 e. The molecular formula is C70H39N3OS2. The van der Waals surface area contributed by atoms with Crippen LogP contribution in [0.5, 0.6) is 0 Å². The SMILES string of the molecule is c1ccc2c(c1)-c1ccccc1C21c2ccccc2-c2c(-c3ccc(-c4ccc5oc6cccc(-c7nc(-c8cccc9c8sc8ccccc89)nc(-c8cccc9sc%10ccccc%10c89)n7)c6c5c4)cc3)cccc21. The predicted octanol–water partition coefficient (Wildman–Crippen LogP) is 19.2. The summed E-state index contributed by atoms with van der Waals surface area (Å²) in [4.78, 5) is 16.3. The lowest BCUT2D eigenvalue weighted by Gasteiger charge is -2.30. The first-order valence-corrected chi connectivity index (χ1v) is 27.4. The lowest BCUT2D eigenvalue weighted by atomic mass is 9.70. The molecule has 0 saturated heterocycles. The van der Waals surface area contributed by atoms with Crippen LogP contribution in [0.25, 0.3) is 141 Å². The van der Waals surface area contributed by atoms with Crippen molar-refractivity contribution in [1.29, 1.82) is 0 Å². The zero-order chi connectivity index (χ0) is 49.6. The largest absolute Gasteiger partial charge is 0.456 e. The first kappa shape index (κ1) is 42.1. The molecule has 0 unspecified atom stereocenters. The van der Waals surface area contributed by atoms with Crippen molar-refractivity contribution in [1.82, 2.24) is 15.0 Å². The minimum absolute atomic E-state index is 0.388. The van der Waals surface area contributed by atoms with Crippen LogP contribution < -0.4 is 0 Å². The van der Waals surface area contributed by atoms with Crippen LogP contribution in [0.4, 0.5) is 0 Å². The quantitative estimate of drug-likeness (QED) is 0.172. The van der Waals surface area contributed by atoms with Gasteiger partial charge >= 0.3 is 0 Å². The molecular weight excluding hydrogens is 963 g/mol. The molecule has 4 heterocycles. The average Bonchev–Trinajstić information content (AvgIpc) is 4.39. The van der Waals surface area contributed by atoms with Crippen molar-refractivity contribution < 1.29 is 4.42 Å². The van der Waals surface area contributed by atoms with Gasteiger partial charge in [0, 0.05) is 67.8 Å². The summed E-state index contributed by atoms with van der Waals surface area (Å²) in [6.07, 6.45) is 0. The van der Waals surface area contributed by atoms with E-state index >= 15 is 0 Å². The monoisotopic (exact) mass is 1000 g/mol. The van der Waals surface area contributed by atoms with Crippen LogP contribution in [0, 0.1) is 0 Å². The fourth-order valence-electron chi connectivity index (χ4n) is 13.0. The number of hydrogen-bond acceptors (Lipinski definition) is 6. The van der Waals surface area contributed by atoms with Gasteiger partial charge in [0.15, 0.2) is 17.5 Å². The number of benzene rings is 11. The number of furan rings is 1. The minimum atomic E-state index is -0.388. The fraction of sp³-hybridized carbons (Fsp3) is 0.0143. The van der Waals surface area contributed by atoms with E-state index < -0.39 is 0 Å². The Kier molecular flexibility index (Phi) is 8.77. The zero-order valence-corrected chi connectivity index (χ0v) is 42.2. The summed E-state index contributed by atoms with van der Waals surface area (Å²) >= 11 is 3.58. The molecule has 11 aromatic carbocycles. The molecule has 17 rings (SSSR count). The van der Waals surface area contributed by atoms with Crippen molar-refractivity contribution in [2.24, 2.45) is 0 Å². The molecule has 0 N–H and O–H groups in total. The van der Waals surface area contributed by atoms with Crippen LogP contribution in [0.1, 0.15) is 22.3 Å². The molecule has 0 fully saturated rings. The highest BCUT2D eigenvalue weighted by molar-refractivity contribution is 7.26. The van der Waals surface area contributed by atoms with Gasteiger partial charge in [-0.3, -0.25) is 0 Å². The normalized spacial score (nSPS) is 13.1. The summed E-state index contributed by atoms with van der Waals surface area (Å²) in [6.45, 7) is 0. The molecule has 0 saturated carbocycles. The third kappa shape index (κ3) is 5.80. The topological polar surface area (TPSA) is 51.8 Å². The van der Waals surface area contributed by atoms with Gasteiger partial charge in [-0.15, -0.1) is 22.7 Å². The average molecular weight is 1000 g/mol. The molecule has 0 atom stereocenters. The maximum absolute atomic E-state index is 6.69. The van der Waals surface area contributed by atoms with Crippen molar-refractivity contribution in [3.8, 4) is 78.7 Å². The van der Waals surface area contributed by atoms with Crippen LogP contribution in [-0.4, -0.2) is 15.0 Å². The molecule has 2 aliphatic rings. The first-order valence-electron chi connectivity index (χ1n) is 25.7. The molecule has 1 spiro atoms. The lowest BCUT2D eigenvalue weighted by molar-refractivity contribution is 0.669. The Morgan fingerprint density at radius 2 is 0.803 bits per heavy atom. The van der Waals surface area contributed by atoms with Crippen LogP contribution in [0.2, 0.25) is 0 Å². The molecule has 2 aliphatic carbocycles. The molecule has 4 nitrogen and oxygen atoms in total. The van der Waals surface area contributed by atoms with E-state index in [-0.39, 0.29) is 5.41 Å². The second kappa shape index (κ2) is 15.8. The van der Waals surface area contributed by atoms with Gasteiger partial charge in [0.05, 0.1) is 5.41 Å².